The van der Waals surface area contributed by atoms with Gasteiger partial charge in [0.05, 0.1) is 6.61 Å². The van der Waals surface area contributed by atoms with E-state index in [4.69, 9.17) is 4.74 Å². The van der Waals surface area contributed by atoms with Crippen molar-refractivity contribution in [1.29, 1.82) is 0 Å². The monoisotopic (exact) mass is 374 g/mol. The molecule has 1 fully saturated rings. The number of halogens is 1. The van der Waals surface area contributed by atoms with Gasteiger partial charge in [-0.3, -0.25) is 0 Å². The first-order valence-corrected chi connectivity index (χ1v) is 9.35. The molecule has 2 aliphatic rings. The zero-order valence-electron chi connectivity index (χ0n) is 11.9. The molecule has 0 saturated carbocycles. The van der Waals surface area contributed by atoms with Crippen LogP contribution in [0.25, 0.3) is 0 Å². The summed E-state index contributed by atoms with van der Waals surface area (Å²) in [6.45, 7) is 2.55. The predicted molar refractivity (Wildman–Crippen MR) is 84.1 cm³/mol. The fraction of sp³-hybridized carbons (Fsp3) is 0.571. The first-order chi connectivity index (χ1) is 10.0. The zero-order valence-corrected chi connectivity index (χ0v) is 14.3. The van der Waals surface area contributed by atoms with Crippen molar-refractivity contribution in [1.82, 2.24) is 9.62 Å². The van der Waals surface area contributed by atoms with Crippen LogP contribution in [-0.2, 0) is 16.4 Å². The van der Waals surface area contributed by atoms with E-state index in [-0.39, 0.29) is 0 Å². The molecule has 21 heavy (non-hydrogen) atoms. The third-order valence-corrected chi connectivity index (χ3v) is 6.40. The van der Waals surface area contributed by atoms with Gasteiger partial charge < -0.3 is 10.1 Å². The number of fused-ring (bicyclic) bond motifs is 1. The lowest BCUT2D eigenvalue weighted by molar-refractivity contribution is 0.346. The minimum Gasteiger partial charge on any atom is -0.492 e. The van der Waals surface area contributed by atoms with Gasteiger partial charge in [-0.15, -0.1) is 0 Å². The van der Waals surface area contributed by atoms with Gasteiger partial charge in [0.2, 0.25) is 10.0 Å². The van der Waals surface area contributed by atoms with E-state index in [1.54, 1.807) is 10.4 Å². The van der Waals surface area contributed by atoms with Crippen LogP contribution in [-0.4, -0.2) is 46.0 Å². The van der Waals surface area contributed by atoms with Crippen LogP contribution < -0.4 is 10.1 Å². The number of hydrogen-bond acceptors (Lipinski definition) is 4. The molecule has 0 bridgehead atoms. The molecule has 0 aliphatic carbocycles. The summed E-state index contributed by atoms with van der Waals surface area (Å²) in [5.41, 5.74) is 0.967. The first kappa shape index (κ1) is 15.3. The maximum Gasteiger partial charge on any atom is 0.246 e. The molecule has 1 atom stereocenters. The molecule has 0 radical (unpaired) electrons. The van der Waals surface area contributed by atoms with Crippen LogP contribution in [0.3, 0.4) is 0 Å². The minimum absolute atomic E-state index is 0.300. The van der Waals surface area contributed by atoms with Gasteiger partial charge in [0.25, 0.3) is 0 Å². The van der Waals surface area contributed by atoms with Crippen molar-refractivity contribution in [2.75, 3.05) is 33.3 Å². The Morgan fingerprint density at radius 2 is 2.29 bits per heavy atom. The smallest absolute Gasteiger partial charge is 0.246 e. The zero-order chi connectivity index (χ0) is 15.0. The highest BCUT2D eigenvalue weighted by Crippen LogP contribution is 2.38. The topological polar surface area (TPSA) is 58.6 Å². The van der Waals surface area contributed by atoms with Crippen molar-refractivity contribution < 1.29 is 13.2 Å². The van der Waals surface area contributed by atoms with Crippen LogP contribution in [0, 0.1) is 5.92 Å². The largest absolute Gasteiger partial charge is 0.492 e. The lowest BCUT2D eigenvalue weighted by atomic mass is 10.1. The third kappa shape index (κ3) is 2.84. The van der Waals surface area contributed by atoms with Crippen LogP contribution in [0.5, 0.6) is 5.75 Å². The minimum atomic E-state index is -3.49. The molecule has 3 rings (SSSR count). The summed E-state index contributed by atoms with van der Waals surface area (Å²) in [7, 11) is -1.59. The molecular formula is C14H19BrN2O3S. The number of nitrogens with one attached hydrogen (secondary N) is 1. The van der Waals surface area contributed by atoms with Gasteiger partial charge in [-0.1, -0.05) is 15.9 Å². The van der Waals surface area contributed by atoms with Gasteiger partial charge in [0.1, 0.15) is 10.6 Å². The summed E-state index contributed by atoms with van der Waals surface area (Å²) in [4.78, 5) is 0.300. The van der Waals surface area contributed by atoms with Gasteiger partial charge in [-0.05, 0) is 38.1 Å². The van der Waals surface area contributed by atoms with E-state index < -0.39 is 10.0 Å². The van der Waals surface area contributed by atoms with Gasteiger partial charge in [-0.25, -0.2) is 8.42 Å². The Morgan fingerprint density at radius 3 is 3.05 bits per heavy atom. The Morgan fingerprint density at radius 1 is 1.48 bits per heavy atom. The fourth-order valence-electron chi connectivity index (χ4n) is 3.04. The Bertz CT molecular complexity index is 648. The summed E-state index contributed by atoms with van der Waals surface area (Å²) in [5.74, 6) is 0.918. The van der Waals surface area contributed by atoms with E-state index in [1.165, 1.54) is 0 Å². The SMILES string of the molecule is CNCC1CCN(S(=O)(=O)c2cc(Br)cc3c2OCC3)C1. The second-order valence-corrected chi connectivity index (χ2v) is 8.39. The van der Waals surface area contributed by atoms with E-state index >= 15 is 0 Å². The number of sulfonamides is 1. The van der Waals surface area contributed by atoms with E-state index in [0.717, 1.165) is 29.4 Å². The maximum absolute atomic E-state index is 12.9. The molecule has 1 aromatic carbocycles. The second kappa shape index (κ2) is 5.87. The quantitative estimate of drug-likeness (QED) is 0.869. The lowest BCUT2D eigenvalue weighted by Gasteiger charge is -2.18. The molecular weight excluding hydrogens is 356 g/mol. The Balaban J connectivity index is 1.93. The van der Waals surface area contributed by atoms with E-state index in [0.29, 0.717) is 36.3 Å². The Hall–Kier alpha value is -0.630. The fourth-order valence-corrected chi connectivity index (χ4v) is 5.42. The number of ether oxygens (including phenoxy) is 1. The molecule has 1 aromatic rings. The summed E-state index contributed by atoms with van der Waals surface area (Å²) in [6.07, 6.45) is 1.66. The average molecular weight is 375 g/mol. The third-order valence-electron chi connectivity index (χ3n) is 4.07. The predicted octanol–water partition coefficient (Wildman–Crippen LogP) is 1.61. The summed E-state index contributed by atoms with van der Waals surface area (Å²) >= 11 is 3.41. The number of benzene rings is 1. The molecule has 0 amide bonds. The normalized spacial score (nSPS) is 22.3. The summed E-state index contributed by atoms with van der Waals surface area (Å²) < 4.78 is 33.7. The lowest BCUT2D eigenvalue weighted by Crippen LogP contribution is -2.30. The van der Waals surface area contributed by atoms with Crippen molar-refractivity contribution >= 4 is 26.0 Å². The van der Waals surface area contributed by atoms with Crippen LogP contribution in [0.15, 0.2) is 21.5 Å². The molecule has 5 nitrogen and oxygen atoms in total. The van der Waals surface area contributed by atoms with Crippen molar-refractivity contribution in [2.45, 2.75) is 17.7 Å². The van der Waals surface area contributed by atoms with E-state index in [9.17, 15) is 8.42 Å². The van der Waals surface area contributed by atoms with Gasteiger partial charge in [0, 0.05) is 29.5 Å². The molecule has 7 heteroatoms. The van der Waals surface area contributed by atoms with Crippen molar-refractivity contribution in [3.8, 4) is 5.75 Å². The number of hydrogen-bond donors (Lipinski definition) is 1. The number of rotatable bonds is 4. The Kier molecular flexibility index (Phi) is 4.27. The summed E-state index contributed by atoms with van der Waals surface area (Å²) in [6, 6.07) is 3.60. The molecule has 116 valence electrons. The maximum atomic E-state index is 12.9. The highest BCUT2D eigenvalue weighted by molar-refractivity contribution is 9.10. The number of nitrogens with zero attached hydrogens (tertiary/aromatic N) is 1. The Labute approximate surface area is 133 Å². The van der Waals surface area contributed by atoms with Gasteiger partial charge in [-0.2, -0.15) is 4.31 Å². The molecule has 1 N–H and O–H groups in total. The van der Waals surface area contributed by atoms with Crippen molar-refractivity contribution in [3.05, 3.63) is 22.2 Å². The molecule has 1 unspecified atom stereocenters. The molecule has 2 aliphatic heterocycles. The average Bonchev–Trinajstić information content (AvgIpc) is 3.06. The van der Waals surface area contributed by atoms with E-state index in [2.05, 4.69) is 21.2 Å². The molecule has 1 saturated heterocycles. The van der Waals surface area contributed by atoms with Crippen LogP contribution in [0.1, 0.15) is 12.0 Å². The highest BCUT2D eigenvalue weighted by atomic mass is 79.9. The van der Waals surface area contributed by atoms with Crippen molar-refractivity contribution in [2.24, 2.45) is 5.92 Å². The van der Waals surface area contributed by atoms with Crippen LogP contribution in [0.2, 0.25) is 0 Å². The standard InChI is InChI=1S/C14H19BrN2O3S/c1-16-8-10-2-4-17(9-10)21(18,19)13-7-12(15)6-11-3-5-20-14(11)13/h6-7,10,16H,2-5,8-9H2,1H3. The van der Waals surface area contributed by atoms with Gasteiger partial charge in [0.15, 0.2) is 0 Å². The molecule has 0 aromatic heterocycles. The van der Waals surface area contributed by atoms with Crippen LogP contribution in [0.4, 0.5) is 0 Å². The highest BCUT2D eigenvalue weighted by Gasteiger charge is 2.35. The van der Waals surface area contributed by atoms with Crippen LogP contribution >= 0.6 is 15.9 Å². The summed E-state index contributed by atoms with van der Waals surface area (Å²) in [5, 5.41) is 3.12. The second-order valence-electron chi connectivity index (χ2n) is 5.57. The van der Waals surface area contributed by atoms with Crippen molar-refractivity contribution in [3.63, 3.8) is 0 Å². The molecule has 0 spiro atoms. The van der Waals surface area contributed by atoms with E-state index in [1.807, 2.05) is 13.1 Å². The first-order valence-electron chi connectivity index (χ1n) is 7.12. The molecule has 2 heterocycles. The van der Waals surface area contributed by atoms with Gasteiger partial charge >= 0.3 is 0 Å².